The first kappa shape index (κ1) is 29.3. The van der Waals surface area contributed by atoms with E-state index in [9.17, 15) is 14.4 Å². The first-order chi connectivity index (χ1) is 18.5. The van der Waals surface area contributed by atoms with Crippen molar-refractivity contribution in [3.8, 4) is 0 Å². The van der Waals surface area contributed by atoms with Crippen molar-refractivity contribution in [1.82, 2.24) is 24.4 Å². The Hall–Kier alpha value is -3.25. The summed E-state index contributed by atoms with van der Waals surface area (Å²) in [7, 11) is 1.97. The number of ether oxygens (including phenoxy) is 1. The molecule has 0 saturated carbocycles. The van der Waals surface area contributed by atoms with Gasteiger partial charge in [-0.2, -0.15) is 0 Å². The molecule has 1 aliphatic heterocycles. The molecule has 2 atom stereocenters. The normalized spacial score (nSPS) is 17.5. The lowest BCUT2D eigenvalue weighted by Gasteiger charge is -2.21. The maximum absolute atomic E-state index is 12.5. The van der Waals surface area contributed by atoms with E-state index in [4.69, 9.17) is 9.84 Å². The number of likely N-dealkylation sites (N-methyl/N-ethyl adjacent to an activating group) is 1. The van der Waals surface area contributed by atoms with Crippen LogP contribution in [0.4, 0.5) is 5.82 Å². The van der Waals surface area contributed by atoms with Crippen LogP contribution in [0.3, 0.4) is 0 Å². The first-order valence-corrected chi connectivity index (χ1v) is 13.4. The van der Waals surface area contributed by atoms with Crippen molar-refractivity contribution in [1.29, 1.82) is 0 Å². The summed E-state index contributed by atoms with van der Waals surface area (Å²) in [5.74, 6) is -0.493. The average Bonchev–Trinajstić information content (AvgIpc) is 3.52. The number of aliphatic carboxylic acids is 1. The predicted molar refractivity (Wildman–Crippen MR) is 143 cm³/mol. The maximum atomic E-state index is 12.5. The van der Waals surface area contributed by atoms with Crippen molar-refractivity contribution in [3.05, 3.63) is 12.7 Å². The number of hydrogen-bond donors (Lipinski definition) is 2. The van der Waals surface area contributed by atoms with Gasteiger partial charge in [0.2, 0.25) is 5.91 Å². The van der Waals surface area contributed by atoms with Gasteiger partial charge in [0, 0.05) is 32.4 Å². The fraction of sp³-hybridized carbons (Fsp3) is 0.654. The van der Waals surface area contributed by atoms with Crippen LogP contribution in [0.1, 0.15) is 76.9 Å². The van der Waals surface area contributed by atoms with Crippen LogP contribution >= 0.6 is 0 Å². The van der Waals surface area contributed by atoms with Crippen molar-refractivity contribution >= 4 is 41.4 Å². The number of amides is 1. The summed E-state index contributed by atoms with van der Waals surface area (Å²) in [6, 6.07) is 0. The molecule has 0 aromatic carbocycles. The number of carboxylic acid groups (broad SMARTS) is 1. The van der Waals surface area contributed by atoms with Crippen LogP contribution in [0.15, 0.2) is 17.6 Å². The van der Waals surface area contributed by atoms with Gasteiger partial charge < -0.3 is 24.9 Å². The second kappa shape index (κ2) is 15.9. The molecule has 0 aliphatic carbocycles. The molecule has 12 heteroatoms. The van der Waals surface area contributed by atoms with Gasteiger partial charge in [-0.1, -0.05) is 6.42 Å². The van der Waals surface area contributed by atoms with Gasteiger partial charge in [0.15, 0.2) is 17.0 Å². The van der Waals surface area contributed by atoms with Gasteiger partial charge >= 0.3 is 5.97 Å². The van der Waals surface area contributed by atoms with Crippen LogP contribution in [0, 0.1) is 0 Å². The molecule has 0 radical (unpaired) electrons. The molecular weight excluding hydrogens is 490 g/mol. The van der Waals surface area contributed by atoms with Crippen molar-refractivity contribution in [2.24, 2.45) is 4.99 Å². The molecule has 3 heterocycles. The Balaban J connectivity index is 1.43. The lowest BCUT2D eigenvalue weighted by atomic mass is 10.2. The third-order valence-electron chi connectivity index (χ3n) is 6.43. The van der Waals surface area contributed by atoms with E-state index in [2.05, 4.69) is 30.2 Å². The summed E-state index contributed by atoms with van der Waals surface area (Å²) in [5, 5.41) is 11.7. The quantitative estimate of drug-likeness (QED) is 0.168. The molecule has 1 aliphatic rings. The Bertz CT molecular complexity index is 1070. The molecule has 1 fully saturated rings. The summed E-state index contributed by atoms with van der Waals surface area (Å²) in [6.07, 6.45) is 13.4. The minimum atomic E-state index is -0.777. The Kier molecular flexibility index (Phi) is 12.2. The fourth-order valence-electron chi connectivity index (χ4n) is 4.45. The van der Waals surface area contributed by atoms with Crippen molar-refractivity contribution < 1.29 is 24.2 Å². The minimum absolute atomic E-state index is 0.0430. The highest BCUT2D eigenvalue weighted by molar-refractivity contribution is 5.96. The minimum Gasteiger partial charge on any atom is -0.481 e. The van der Waals surface area contributed by atoms with Crippen LogP contribution < -0.4 is 5.32 Å². The topological polar surface area (TPSA) is 152 Å². The maximum Gasteiger partial charge on any atom is 0.303 e. The molecule has 1 amide bonds. The largest absolute Gasteiger partial charge is 0.481 e. The Morgan fingerprint density at radius 2 is 2.03 bits per heavy atom. The number of hydrogen-bond acceptors (Lipinski definition) is 9. The van der Waals surface area contributed by atoms with Gasteiger partial charge in [0.05, 0.1) is 12.4 Å². The number of aldehydes is 1. The predicted octanol–water partition coefficient (Wildman–Crippen LogP) is 3.24. The second-order valence-corrected chi connectivity index (χ2v) is 9.64. The Morgan fingerprint density at radius 1 is 1.16 bits per heavy atom. The highest BCUT2D eigenvalue weighted by Crippen LogP contribution is 2.31. The van der Waals surface area contributed by atoms with Crippen molar-refractivity contribution in [2.75, 3.05) is 32.0 Å². The van der Waals surface area contributed by atoms with E-state index in [1.807, 2.05) is 17.8 Å². The SMILES string of the molecule is CN(CCCC(=O)O)C[C@@H]1CC[C@H](n2cnc3c(NC(=O)CCCCCN=CCCCC=O)ncnc32)O1. The van der Waals surface area contributed by atoms with Crippen LogP contribution in [0.25, 0.3) is 11.2 Å². The van der Waals surface area contributed by atoms with Gasteiger partial charge in [-0.25, -0.2) is 15.0 Å². The number of imidazole rings is 1. The summed E-state index contributed by atoms with van der Waals surface area (Å²) >= 11 is 0. The van der Waals surface area contributed by atoms with Crippen LogP contribution in [-0.2, 0) is 19.1 Å². The molecule has 1 saturated heterocycles. The molecule has 0 spiro atoms. The number of carboxylic acids is 1. The number of nitrogens with zero attached hydrogens (tertiary/aromatic N) is 6. The van der Waals surface area contributed by atoms with Gasteiger partial charge in [0.1, 0.15) is 18.8 Å². The van der Waals surface area contributed by atoms with E-state index in [0.717, 1.165) is 64.3 Å². The number of anilines is 1. The third kappa shape index (κ3) is 9.56. The molecule has 3 rings (SSSR count). The van der Waals surface area contributed by atoms with E-state index in [1.54, 1.807) is 6.33 Å². The van der Waals surface area contributed by atoms with E-state index in [-0.39, 0.29) is 24.7 Å². The number of fused-ring (bicyclic) bond motifs is 1. The standard InChI is InChI=1S/C26H39N7O5/c1-32(15-8-10-23(36)37)17-20-11-12-22(38-20)33-19-30-24-25(28-18-29-26(24)33)31-21(35)9-4-2-5-13-27-14-6-3-7-16-34/h14,16,18-20,22H,2-13,15,17H2,1H3,(H,36,37)(H,28,29,31,35)/t20-,22+/m0/s1. The van der Waals surface area contributed by atoms with Gasteiger partial charge in [-0.3, -0.25) is 19.1 Å². The summed E-state index contributed by atoms with van der Waals surface area (Å²) in [5.41, 5.74) is 1.14. The zero-order valence-electron chi connectivity index (χ0n) is 22.1. The van der Waals surface area contributed by atoms with Crippen molar-refractivity contribution in [3.63, 3.8) is 0 Å². The van der Waals surface area contributed by atoms with E-state index in [1.165, 1.54) is 6.33 Å². The summed E-state index contributed by atoms with van der Waals surface area (Å²) in [4.78, 5) is 53.0. The molecule has 2 N–H and O–H groups in total. The van der Waals surface area contributed by atoms with Crippen molar-refractivity contribution in [2.45, 2.75) is 83.0 Å². The average molecular weight is 530 g/mol. The molecule has 208 valence electrons. The van der Waals surface area contributed by atoms with Crippen LogP contribution in [-0.4, -0.2) is 86.7 Å². The van der Waals surface area contributed by atoms with Gasteiger partial charge in [0.25, 0.3) is 0 Å². The fourth-order valence-corrected chi connectivity index (χ4v) is 4.45. The number of aliphatic imine (C=N–C) groups is 1. The lowest BCUT2D eigenvalue weighted by Crippen LogP contribution is -2.30. The zero-order chi connectivity index (χ0) is 27.2. The van der Waals surface area contributed by atoms with Crippen LogP contribution in [0.5, 0.6) is 0 Å². The van der Waals surface area contributed by atoms with Crippen LogP contribution in [0.2, 0.25) is 0 Å². The number of rotatable bonds is 18. The van der Waals surface area contributed by atoms with E-state index >= 15 is 0 Å². The number of carbonyl (C=O) groups is 3. The lowest BCUT2D eigenvalue weighted by molar-refractivity contribution is -0.137. The molecule has 0 unspecified atom stereocenters. The van der Waals surface area contributed by atoms with Gasteiger partial charge in [-0.15, -0.1) is 0 Å². The molecule has 0 bridgehead atoms. The molecule has 38 heavy (non-hydrogen) atoms. The Labute approximate surface area is 222 Å². The molecule has 12 nitrogen and oxygen atoms in total. The molecular formula is C26H39N7O5. The van der Waals surface area contributed by atoms with E-state index < -0.39 is 5.97 Å². The van der Waals surface area contributed by atoms with E-state index in [0.29, 0.717) is 42.8 Å². The Morgan fingerprint density at radius 3 is 2.84 bits per heavy atom. The summed E-state index contributed by atoms with van der Waals surface area (Å²) in [6.45, 7) is 2.17. The highest BCUT2D eigenvalue weighted by Gasteiger charge is 2.29. The number of unbranched alkanes of at least 4 members (excludes halogenated alkanes) is 4. The molecule has 2 aromatic rings. The first-order valence-electron chi connectivity index (χ1n) is 13.4. The second-order valence-electron chi connectivity index (χ2n) is 9.64. The summed E-state index contributed by atoms with van der Waals surface area (Å²) < 4.78 is 8.13. The third-order valence-corrected chi connectivity index (χ3v) is 6.43. The number of carbonyl (C=O) groups excluding carboxylic acids is 2. The zero-order valence-corrected chi connectivity index (χ0v) is 22.1. The van der Waals surface area contributed by atoms with Gasteiger partial charge in [-0.05, 0) is 64.8 Å². The molecule has 2 aromatic heterocycles. The number of nitrogens with one attached hydrogen (secondary N) is 1. The smallest absolute Gasteiger partial charge is 0.303 e. The highest BCUT2D eigenvalue weighted by atomic mass is 16.5. The monoisotopic (exact) mass is 529 g/mol. The number of aromatic nitrogens is 4.